The van der Waals surface area contributed by atoms with Gasteiger partial charge in [-0.25, -0.2) is 0 Å². The number of hydrogen-bond acceptors (Lipinski definition) is 2. The smallest absolute Gasteiger partial charge is 0.309 e. The van der Waals surface area contributed by atoms with E-state index in [9.17, 15) is 9.59 Å². The summed E-state index contributed by atoms with van der Waals surface area (Å²) in [5, 5.41) is 0.573. The van der Waals surface area contributed by atoms with Gasteiger partial charge in [0.2, 0.25) is 0 Å². The summed E-state index contributed by atoms with van der Waals surface area (Å²) in [6.07, 6.45) is 4.15. The number of aromatic nitrogens is 2. The van der Waals surface area contributed by atoms with Gasteiger partial charge in [-0.05, 0) is 37.0 Å². The quantitative estimate of drug-likeness (QED) is 0.815. The molecule has 1 heterocycles. The van der Waals surface area contributed by atoms with Crippen LogP contribution in [0.5, 0.6) is 0 Å². The number of halogens is 1. The van der Waals surface area contributed by atoms with Crippen LogP contribution in [0, 0.1) is 12.8 Å². The van der Waals surface area contributed by atoms with E-state index in [0.29, 0.717) is 23.2 Å². The number of benzene rings is 1. The van der Waals surface area contributed by atoms with Crippen LogP contribution in [0.15, 0.2) is 40.2 Å². The van der Waals surface area contributed by atoms with E-state index in [4.69, 9.17) is 11.6 Å². The Morgan fingerprint density at radius 2 is 1.86 bits per heavy atom. The molecular weight excluding hydrogens is 288 g/mol. The first-order valence-electron chi connectivity index (χ1n) is 6.99. The summed E-state index contributed by atoms with van der Waals surface area (Å²) in [5.74, 6) is 0.481. The van der Waals surface area contributed by atoms with Crippen LogP contribution in [0.3, 0.4) is 0 Å². The van der Waals surface area contributed by atoms with Crippen molar-refractivity contribution in [1.29, 1.82) is 0 Å². The van der Waals surface area contributed by atoms with Crippen LogP contribution in [-0.2, 0) is 6.54 Å². The van der Waals surface area contributed by atoms with Crippen molar-refractivity contribution in [3.63, 3.8) is 0 Å². The Balaban J connectivity index is 2.49. The molecule has 0 amide bonds. The second-order valence-electron chi connectivity index (χ2n) is 5.54. The van der Waals surface area contributed by atoms with Crippen LogP contribution in [0.2, 0.25) is 5.02 Å². The molecule has 2 rings (SSSR count). The molecule has 0 saturated carbocycles. The van der Waals surface area contributed by atoms with E-state index in [1.807, 2.05) is 6.92 Å². The first-order chi connectivity index (χ1) is 9.91. The standard InChI is InChI=1S/C16H19ClN2O2/c1-11(2)7-8-18-9-10-19(16(21)15(18)20)14-6-4-5-13(17)12(14)3/h4-6,9-11H,7-8H2,1-3H3. The van der Waals surface area contributed by atoms with Gasteiger partial charge in [-0.15, -0.1) is 0 Å². The van der Waals surface area contributed by atoms with Crippen molar-refractivity contribution < 1.29 is 0 Å². The topological polar surface area (TPSA) is 44.0 Å². The van der Waals surface area contributed by atoms with Gasteiger partial charge in [-0.1, -0.05) is 31.5 Å². The first-order valence-corrected chi connectivity index (χ1v) is 7.37. The Kier molecular flexibility index (Phi) is 4.68. The SMILES string of the molecule is Cc1c(Cl)cccc1-n1ccn(CCC(C)C)c(=O)c1=O. The highest BCUT2D eigenvalue weighted by molar-refractivity contribution is 6.31. The van der Waals surface area contributed by atoms with E-state index in [1.165, 1.54) is 9.13 Å². The van der Waals surface area contributed by atoms with E-state index < -0.39 is 11.1 Å². The lowest BCUT2D eigenvalue weighted by atomic mass is 10.1. The molecule has 4 nitrogen and oxygen atoms in total. The largest absolute Gasteiger partial charge is 0.320 e. The van der Waals surface area contributed by atoms with Crippen molar-refractivity contribution in [1.82, 2.24) is 9.13 Å². The molecule has 0 atom stereocenters. The fraction of sp³-hybridized carbons (Fsp3) is 0.375. The Hall–Kier alpha value is -1.81. The number of nitrogens with zero attached hydrogens (tertiary/aromatic N) is 2. The molecule has 0 radical (unpaired) electrons. The summed E-state index contributed by atoms with van der Waals surface area (Å²) < 4.78 is 2.83. The highest BCUT2D eigenvalue weighted by atomic mass is 35.5. The maximum Gasteiger partial charge on any atom is 0.320 e. The van der Waals surface area contributed by atoms with E-state index in [2.05, 4.69) is 13.8 Å². The third kappa shape index (κ3) is 3.27. The van der Waals surface area contributed by atoms with Crippen molar-refractivity contribution in [2.75, 3.05) is 0 Å². The van der Waals surface area contributed by atoms with Gasteiger partial charge in [-0.2, -0.15) is 0 Å². The average Bonchev–Trinajstić information content (AvgIpc) is 2.44. The van der Waals surface area contributed by atoms with Gasteiger partial charge < -0.3 is 4.57 Å². The predicted octanol–water partition coefficient (Wildman–Crippen LogP) is 3.01. The number of aryl methyl sites for hydroxylation is 1. The second-order valence-corrected chi connectivity index (χ2v) is 5.95. The van der Waals surface area contributed by atoms with E-state index in [1.54, 1.807) is 30.6 Å². The molecule has 0 saturated heterocycles. The molecule has 2 aromatic rings. The molecule has 0 aliphatic heterocycles. The molecule has 112 valence electrons. The van der Waals surface area contributed by atoms with Crippen LogP contribution in [-0.4, -0.2) is 9.13 Å². The van der Waals surface area contributed by atoms with E-state index >= 15 is 0 Å². The van der Waals surface area contributed by atoms with Crippen molar-refractivity contribution in [3.8, 4) is 5.69 Å². The van der Waals surface area contributed by atoms with Gasteiger partial charge in [0.15, 0.2) is 0 Å². The summed E-state index contributed by atoms with van der Waals surface area (Å²) in [4.78, 5) is 24.5. The lowest BCUT2D eigenvalue weighted by molar-refractivity contribution is 0.503. The highest BCUT2D eigenvalue weighted by Crippen LogP contribution is 2.20. The summed E-state index contributed by atoms with van der Waals surface area (Å²) in [6.45, 7) is 6.55. The third-order valence-corrected chi connectivity index (χ3v) is 3.91. The summed E-state index contributed by atoms with van der Waals surface area (Å²) in [6, 6.07) is 5.30. The normalized spacial score (nSPS) is 11.1. The number of rotatable bonds is 4. The molecule has 0 spiro atoms. The Morgan fingerprint density at radius 1 is 1.14 bits per heavy atom. The van der Waals surface area contributed by atoms with Gasteiger partial charge in [0.25, 0.3) is 0 Å². The van der Waals surface area contributed by atoms with Gasteiger partial charge in [0.05, 0.1) is 5.69 Å². The minimum absolute atomic E-state index is 0.481. The van der Waals surface area contributed by atoms with Crippen molar-refractivity contribution in [2.45, 2.75) is 33.7 Å². The zero-order valence-corrected chi connectivity index (χ0v) is 13.2. The Bertz CT molecular complexity index is 760. The second kappa shape index (κ2) is 6.31. The lowest BCUT2D eigenvalue weighted by Gasteiger charge is -2.12. The molecule has 0 unspecified atom stereocenters. The third-order valence-electron chi connectivity index (χ3n) is 3.50. The molecule has 1 aromatic carbocycles. The summed E-state index contributed by atoms with van der Waals surface area (Å²) >= 11 is 6.07. The van der Waals surface area contributed by atoms with Crippen molar-refractivity contribution >= 4 is 11.6 Å². The first kappa shape index (κ1) is 15.6. The average molecular weight is 307 g/mol. The summed E-state index contributed by atoms with van der Waals surface area (Å²) in [7, 11) is 0. The van der Waals surface area contributed by atoms with Crippen LogP contribution in [0.4, 0.5) is 0 Å². The molecule has 0 aliphatic rings. The molecular formula is C16H19ClN2O2. The monoisotopic (exact) mass is 306 g/mol. The predicted molar refractivity (Wildman–Crippen MR) is 85.5 cm³/mol. The van der Waals surface area contributed by atoms with Gasteiger partial charge in [0.1, 0.15) is 0 Å². The van der Waals surface area contributed by atoms with Crippen LogP contribution in [0.25, 0.3) is 5.69 Å². The van der Waals surface area contributed by atoms with Gasteiger partial charge in [-0.3, -0.25) is 14.2 Å². The molecule has 0 N–H and O–H groups in total. The molecule has 5 heteroatoms. The minimum atomic E-state index is -0.549. The molecule has 0 bridgehead atoms. The zero-order valence-electron chi connectivity index (χ0n) is 12.5. The highest BCUT2D eigenvalue weighted by Gasteiger charge is 2.10. The van der Waals surface area contributed by atoms with Crippen LogP contribution in [0.1, 0.15) is 25.8 Å². The fourth-order valence-electron chi connectivity index (χ4n) is 2.13. The Labute approximate surface area is 128 Å². The molecule has 21 heavy (non-hydrogen) atoms. The Morgan fingerprint density at radius 3 is 2.52 bits per heavy atom. The van der Waals surface area contributed by atoms with Gasteiger partial charge >= 0.3 is 11.1 Å². The van der Waals surface area contributed by atoms with Crippen molar-refractivity contribution in [3.05, 3.63) is 61.9 Å². The summed E-state index contributed by atoms with van der Waals surface area (Å²) in [5.41, 5.74) is 0.366. The van der Waals surface area contributed by atoms with Crippen molar-refractivity contribution in [2.24, 2.45) is 5.92 Å². The minimum Gasteiger partial charge on any atom is -0.309 e. The zero-order chi connectivity index (χ0) is 15.6. The van der Waals surface area contributed by atoms with Gasteiger partial charge in [0, 0.05) is 24.0 Å². The number of hydrogen-bond donors (Lipinski definition) is 0. The van der Waals surface area contributed by atoms with Crippen LogP contribution < -0.4 is 11.1 Å². The lowest BCUT2D eigenvalue weighted by Crippen LogP contribution is -2.40. The van der Waals surface area contributed by atoms with E-state index in [0.717, 1.165) is 12.0 Å². The fourth-order valence-corrected chi connectivity index (χ4v) is 2.30. The molecule has 0 fully saturated rings. The maximum atomic E-state index is 12.3. The van der Waals surface area contributed by atoms with E-state index in [-0.39, 0.29) is 0 Å². The molecule has 1 aromatic heterocycles. The van der Waals surface area contributed by atoms with Crippen LogP contribution >= 0.6 is 11.6 Å². The maximum absolute atomic E-state index is 12.3. The molecule has 0 aliphatic carbocycles.